The number of nitrogens with one attached hydrogen (secondary N) is 1. The van der Waals surface area contributed by atoms with Gasteiger partial charge in [-0.3, -0.25) is 4.79 Å². The van der Waals surface area contributed by atoms with E-state index >= 15 is 0 Å². The maximum absolute atomic E-state index is 11.8. The van der Waals surface area contributed by atoms with E-state index in [-0.39, 0.29) is 5.75 Å². The smallest absolute Gasteiger partial charge is 0.239 e. The van der Waals surface area contributed by atoms with E-state index in [2.05, 4.69) is 5.32 Å². The van der Waals surface area contributed by atoms with E-state index < -0.39 is 21.5 Å². The third-order valence-corrected chi connectivity index (χ3v) is 4.40. The van der Waals surface area contributed by atoms with Crippen LogP contribution in [0.5, 0.6) is 0 Å². The van der Waals surface area contributed by atoms with Crippen LogP contribution in [0, 0.1) is 12.8 Å². The zero-order chi connectivity index (χ0) is 15.3. The van der Waals surface area contributed by atoms with Crippen molar-refractivity contribution >= 4 is 27.1 Å². The minimum absolute atomic E-state index is 0.0292. The number of aryl methyl sites for hydroxylation is 1. The van der Waals surface area contributed by atoms with Gasteiger partial charge in [-0.15, -0.1) is 0 Å². The lowest BCUT2D eigenvalue weighted by Crippen LogP contribution is -2.25. The molecule has 0 unspecified atom stereocenters. The Balaban J connectivity index is 2.63. The summed E-state index contributed by atoms with van der Waals surface area (Å²) >= 11 is 0. The van der Waals surface area contributed by atoms with Crippen molar-refractivity contribution < 1.29 is 13.2 Å². The summed E-state index contributed by atoms with van der Waals surface area (Å²) in [4.78, 5) is 11.8. The van der Waals surface area contributed by atoms with E-state index in [1.165, 1.54) is 0 Å². The molecule has 0 aliphatic heterocycles. The van der Waals surface area contributed by atoms with Gasteiger partial charge in [0, 0.05) is 0 Å². The molecule has 1 aromatic carbocycles. The van der Waals surface area contributed by atoms with Crippen LogP contribution in [0.4, 0.5) is 11.4 Å². The SMILES string of the molecule is Cc1ccc(NC(=O)CS(=O)(=O)CCC(C)C)c(N)c1. The molecule has 20 heavy (non-hydrogen) atoms. The molecule has 0 spiro atoms. The van der Waals surface area contributed by atoms with Gasteiger partial charge in [0.05, 0.1) is 17.1 Å². The number of rotatable bonds is 6. The van der Waals surface area contributed by atoms with Crippen LogP contribution in [0.25, 0.3) is 0 Å². The summed E-state index contributed by atoms with van der Waals surface area (Å²) in [6.45, 7) is 5.78. The Kier molecular flexibility index (Phi) is 5.56. The summed E-state index contributed by atoms with van der Waals surface area (Å²) in [5.74, 6) is -0.737. The molecule has 1 aromatic rings. The third kappa shape index (κ3) is 5.61. The van der Waals surface area contributed by atoms with E-state index in [0.29, 0.717) is 23.7 Å². The number of hydrogen-bond donors (Lipinski definition) is 2. The lowest BCUT2D eigenvalue weighted by Gasteiger charge is -2.10. The van der Waals surface area contributed by atoms with Gasteiger partial charge in [-0.2, -0.15) is 0 Å². The van der Waals surface area contributed by atoms with Crippen molar-refractivity contribution in [1.82, 2.24) is 0 Å². The van der Waals surface area contributed by atoms with Gasteiger partial charge in [-0.25, -0.2) is 8.42 Å². The summed E-state index contributed by atoms with van der Waals surface area (Å²) in [6, 6.07) is 5.20. The first-order chi connectivity index (χ1) is 9.19. The molecule has 0 aliphatic rings. The average Bonchev–Trinajstić information content (AvgIpc) is 2.30. The van der Waals surface area contributed by atoms with Gasteiger partial charge in [0.1, 0.15) is 5.75 Å². The Morgan fingerprint density at radius 1 is 1.35 bits per heavy atom. The molecule has 5 nitrogen and oxygen atoms in total. The summed E-state index contributed by atoms with van der Waals surface area (Å²) in [6.07, 6.45) is 0.558. The molecule has 1 rings (SSSR count). The molecular weight excluding hydrogens is 276 g/mol. The third-order valence-electron chi connectivity index (χ3n) is 2.84. The van der Waals surface area contributed by atoms with Gasteiger partial charge in [0.2, 0.25) is 5.91 Å². The highest BCUT2D eigenvalue weighted by atomic mass is 32.2. The zero-order valence-corrected chi connectivity index (χ0v) is 13.0. The van der Waals surface area contributed by atoms with Crippen LogP contribution in [0.2, 0.25) is 0 Å². The van der Waals surface area contributed by atoms with Crippen LogP contribution >= 0.6 is 0 Å². The highest BCUT2D eigenvalue weighted by Crippen LogP contribution is 2.19. The normalized spacial score (nSPS) is 11.6. The maximum atomic E-state index is 11.8. The number of sulfone groups is 1. The Hall–Kier alpha value is -1.56. The standard InChI is InChI=1S/C14H22N2O3S/c1-10(2)6-7-20(18,19)9-14(17)16-13-5-4-11(3)8-12(13)15/h4-5,8,10H,6-7,9,15H2,1-3H3,(H,16,17). The molecule has 0 fully saturated rings. The van der Waals surface area contributed by atoms with Crippen molar-refractivity contribution in [2.24, 2.45) is 5.92 Å². The molecule has 0 saturated heterocycles. The van der Waals surface area contributed by atoms with E-state index in [0.717, 1.165) is 5.56 Å². The van der Waals surface area contributed by atoms with Crippen LogP contribution < -0.4 is 11.1 Å². The van der Waals surface area contributed by atoms with Gasteiger partial charge >= 0.3 is 0 Å². The molecule has 0 radical (unpaired) electrons. The number of amides is 1. The monoisotopic (exact) mass is 298 g/mol. The lowest BCUT2D eigenvalue weighted by molar-refractivity contribution is -0.113. The number of benzene rings is 1. The molecule has 3 N–H and O–H groups in total. The fourth-order valence-electron chi connectivity index (χ4n) is 1.67. The first-order valence-electron chi connectivity index (χ1n) is 6.56. The molecule has 0 bridgehead atoms. The van der Waals surface area contributed by atoms with Gasteiger partial charge in [0.25, 0.3) is 0 Å². The second-order valence-corrected chi connectivity index (χ2v) is 7.60. The average molecular weight is 298 g/mol. The van der Waals surface area contributed by atoms with Crippen LogP contribution in [0.3, 0.4) is 0 Å². The Morgan fingerprint density at radius 2 is 2.00 bits per heavy atom. The highest BCUT2D eigenvalue weighted by Gasteiger charge is 2.17. The fraction of sp³-hybridized carbons (Fsp3) is 0.500. The predicted octanol–water partition coefficient (Wildman–Crippen LogP) is 1.98. The Morgan fingerprint density at radius 3 is 2.55 bits per heavy atom. The van der Waals surface area contributed by atoms with Crippen molar-refractivity contribution in [1.29, 1.82) is 0 Å². The van der Waals surface area contributed by atoms with Gasteiger partial charge in [0.15, 0.2) is 9.84 Å². The molecular formula is C14H22N2O3S. The van der Waals surface area contributed by atoms with Crippen molar-refractivity contribution in [2.45, 2.75) is 27.2 Å². The van der Waals surface area contributed by atoms with Gasteiger partial charge in [-0.05, 0) is 37.0 Å². The number of hydrogen-bond acceptors (Lipinski definition) is 4. The quantitative estimate of drug-likeness (QED) is 0.786. The second-order valence-electron chi connectivity index (χ2n) is 5.41. The van der Waals surface area contributed by atoms with Crippen molar-refractivity contribution in [3.05, 3.63) is 23.8 Å². The van der Waals surface area contributed by atoms with Crippen molar-refractivity contribution in [3.8, 4) is 0 Å². The van der Waals surface area contributed by atoms with Crippen molar-refractivity contribution in [3.63, 3.8) is 0 Å². The molecule has 6 heteroatoms. The summed E-state index contributed by atoms with van der Waals surface area (Å²) < 4.78 is 23.6. The summed E-state index contributed by atoms with van der Waals surface area (Å²) in [5, 5.41) is 2.54. The molecule has 0 saturated carbocycles. The first kappa shape index (κ1) is 16.5. The molecule has 0 heterocycles. The van der Waals surface area contributed by atoms with Gasteiger partial charge in [-0.1, -0.05) is 19.9 Å². The van der Waals surface area contributed by atoms with Crippen LogP contribution in [0.15, 0.2) is 18.2 Å². The number of nitrogens with two attached hydrogens (primary N) is 1. The number of carbonyl (C=O) groups excluding carboxylic acids is 1. The van der Waals surface area contributed by atoms with Crippen LogP contribution in [-0.4, -0.2) is 25.8 Å². The molecule has 112 valence electrons. The van der Waals surface area contributed by atoms with Crippen LogP contribution in [-0.2, 0) is 14.6 Å². The Bertz CT molecular complexity index is 580. The number of anilines is 2. The molecule has 0 aromatic heterocycles. The molecule has 0 atom stereocenters. The lowest BCUT2D eigenvalue weighted by atomic mass is 10.2. The second kappa shape index (κ2) is 6.74. The van der Waals surface area contributed by atoms with E-state index in [1.54, 1.807) is 18.2 Å². The number of nitrogen functional groups attached to an aromatic ring is 1. The first-order valence-corrected chi connectivity index (χ1v) is 8.38. The Labute approximate surface area is 120 Å². The largest absolute Gasteiger partial charge is 0.397 e. The number of carbonyl (C=O) groups is 1. The van der Waals surface area contributed by atoms with Gasteiger partial charge < -0.3 is 11.1 Å². The minimum atomic E-state index is -3.37. The van der Waals surface area contributed by atoms with Crippen LogP contribution in [0.1, 0.15) is 25.8 Å². The topological polar surface area (TPSA) is 89.3 Å². The van der Waals surface area contributed by atoms with Crippen molar-refractivity contribution in [2.75, 3.05) is 22.6 Å². The summed E-state index contributed by atoms with van der Waals surface area (Å²) in [5.41, 5.74) is 7.62. The highest BCUT2D eigenvalue weighted by molar-refractivity contribution is 7.92. The zero-order valence-electron chi connectivity index (χ0n) is 12.1. The summed E-state index contributed by atoms with van der Waals surface area (Å²) in [7, 11) is -3.37. The minimum Gasteiger partial charge on any atom is -0.397 e. The van der Waals surface area contributed by atoms with E-state index in [4.69, 9.17) is 5.73 Å². The molecule has 0 aliphatic carbocycles. The predicted molar refractivity (Wildman–Crippen MR) is 82.3 cm³/mol. The van der Waals surface area contributed by atoms with E-state index in [1.807, 2.05) is 20.8 Å². The van der Waals surface area contributed by atoms with E-state index in [9.17, 15) is 13.2 Å². The maximum Gasteiger partial charge on any atom is 0.239 e. The molecule has 1 amide bonds. The fourth-order valence-corrected chi connectivity index (χ4v) is 3.12.